The average molecular weight is 459 g/mol. The monoisotopic (exact) mass is 458 g/mol. The number of Topliss-reactive ketones (excluding diaryl/α,β-unsaturated/α-hetero) is 1. The number of carbonyl (C=O) groups excluding carboxylic acids is 1. The van der Waals surface area contributed by atoms with Crippen LogP contribution in [0.15, 0.2) is 50.7 Å². The quantitative estimate of drug-likeness (QED) is 0.477. The number of phenolic OH excluding ortho intramolecular Hbond substituents is 1. The van der Waals surface area contributed by atoms with Crippen molar-refractivity contribution in [1.29, 1.82) is 0 Å². The van der Waals surface area contributed by atoms with E-state index in [1.807, 2.05) is 30.3 Å². The minimum Gasteiger partial charge on any atom is -0.506 e. The lowest BCUT2D eigenvalue weighted by atomic mass is 10.1. The number of thioether (sulfide) groups is 1. The topological polar surface area (TPSA) is 37.3 Å². The number of hydrogen-bond acceptors (Lipinski definition) is 3. The minimum atomic E-state index is 0.0139. The van der Waals surface area contributed by atoms with Gasteiger partial charge in [0.1, 0.15) is 5.75 Å². The summed E-state index contributed by atoms with van der Waals surface area (Å²) in [7, 11) is 0. The molecular formula is C15H8BrIO2S. The second kappa shape index (κ2) is 5.54. The molecule has 0 radical (unpaired) electrons. The maximum atomic E-state index is 12.3. The maximum Gasteiger partial charge on any atom is 0.200 e. The number of hydrogen-bond donors (Lipinski definition) is 1. The average Bonchev–Trinajstić information content (AvgIpc) is 2.73. The first-order valence-electron chi connectivity index (χ1n) is 5.77. The van der Waals surface area contributed by atoms with Gasteiger partial charge in [-0.3, -0.25) is 4.79 Å². The smallest absolute Gasteiger partial charge is 0.200 e. The zero-order valence-corrected chi connectivity index (χ0v) is 14.6. The van der Waals surface area contributed by atoms with E-state index in [1.54, 1.807) is 12.1 Å². The maximum absolute atomic E-state index is 12.3. The Balaban J connectivity index is 2.06. The van der Waals surface area contributed by atoms with Crippen LogP contribution in [-0.4, -0.2) is 10.9 Å². The number of halogens is 2. The number of phenols is 1. The molecule has 1 aliphatic rings. The van der Waals surface area contributed by atoms with Gasteiger partial charge in [0.2, 0.25) is 5.78 Å². The van der Waals surface area contributed by atoms with E-state index in [-0.39, 0.29) is 11.5 Å². The van der Waals surface area contributed by atoms with Gasteiger partial charge in [-0.25, -0.2) is 0 Å². The Bertz CT molecular complexity index is 756. The molecule has 5 heteroatoms. The van der Waals surface area contributed by atoms with Crippen molar-refractivity contribution in [2.75, 3.05) is 0 Å². The fourth-order valence-electron chi connectivity index (χ4n) is 1.97. The van der Waals surface area contributed by atoms with Crippen LogP contribution in [0.4, 0.5) is 0 Å². The Labute approximate surface area is 142 Å². The third-order valence-corrected chi connectivity index (χ3v) is 5.30. The number of carbonyl (C=O) groups is 1. The van der Waals surface area contributed by atoms with Gasteiger partial charge in [0.05, 0.1) is 8.48 Å². The lowest BCUT2D eigenvalue weighted by molar-refractivity contribution is 0.104. The van der Waals surface area contributed by atoms with Crippen molar-refractivity contribution in [3.05, 3.63) is 60.5 Å². The molecule has 0 bridgehead atoms. The summed E-state index contributed by atoms with van der Waals surface area (Å²) in [5, 5.41) is 10.1. The van der Waals surface area contributed by atoms with Gasteiger partial charge in [-0.2, -0.15) is 0 Å². The van der Waals surface area contributed by atoms with E-state index in [0.717, 1.165) is 18.5 Å². The summed E-state index contributed by atoms with van der Waals surface area (Å²) in [6.45, 7) is 0. The molecule has 0 unspecified atom stereocenters. The third kappa shape index (κ3) is 2.54. The highest BCUT2D eigenvalue weighted by Crippen LogP contribution is 2.42. The van der Waals surface area contributed by atoms with Gasteiger partial charge in [-0.1, -0.05) is 39.8 Å². The summed E-state index contributed by atoms with van der Waals surface area (Å²) in [5.41, 5.74) is 1.38. The van der Waals surface area contributed by atoms with Crippen molar-refractivity contribution in [1.82, 2.24) is 0 Å². The number of ketones is 1. The molecule has 2 aromatic carbocycles. The van der Waals surface area contributed by atoms with Crippen molar-refractivity contribution in [2.45, 2.75) is 4.90 Å². The summed E-state index contributed by atoms with van der Waals surface area (Å²) in [6.07, 6.45) is 1.75. The molecule has 0 fully saturated rings. The van der Waals surface area contributed by atoms with E-state index >= 15 is 0 Å². The van der Waals surface area contributed by atoms with Crippen LogP contribution >= 0.6 is 50.3 Å². The summed E-state index contributed by atoms with van der Waals surface area (Å²) in [6, 6.07) is 11.2. The van der Waals surface area contributed by atoms with Crippen molar-refractivity contribution >= 4 is 62.1 Å². The number of benzene rings is 2. The van der Waals surface area contributed by atoms with Crippen LogP contribution in [0.3, 0.4) is 0 Å². The third-order valence-electron chi connectivity index (χ3n) is 2.92. The van der Waals surface area contributed by atoms with Crippen molar-refractivity contribution in [3.63, 3.8) is 0 Å². The zero-order chi connectivity index (χ0) is 14.3. The van der Waals surface area contributed by atoms with Gasteiger partial charge in [0, 0.05) is 20.5 Å². The molecule has 20 heavy (non-hydrogen) atoms. The molecule has 1 N–H and O–H groups in total. The number of rotatable bonds is 1. The molecule has 2 nitrogen and oxygen atoms in total. The Morgan fingerprint density at radius 2 is 2.00 bits per heavy atom. The van der Waals surface area contributed by atoms with Gasteiger partial charge in [0.15, 0.2) is 0 Å². The van der Waals surface area contributed by atoms with Crippen LogP contribution in [0.25, 0.3) is 6.08 Å². The van der Waals surface area contributed by atoms with Gasteiger partial charge in [-0.05, 0) is 52.9 Å². The molecule has 1 heterocycles. The molecule has 0 spiro atoms. The van der Waals surface area contributed by atoms with Crippen molar-refractivity contribution < 1.29 is 9.90 Å². The van der Waals surface area contributed by atoms with E-state index in [1.165, 1.54) is 11.8 Å². The molecule has 100 valence electrons. The number of fused-ring (bicyclic) bond motifs is 1. The van der Waals surface area contributed by atoms with Crippen LogP contribution in [0.1, 0.15) is 15.9 Å². The summed E-state index contributed by atoms with van der Waals surface area (Å²) < 4.78 is 1.62. The zero-order valence-electron chi connectivity index (χ0n) is 10.1. The van der Waals surface area contributed by atoms with Crippen LogP contribution in [0.5, 0.6) is 5.75 Å². The van der Waals surface area contributed by atoms with E-state index in [2.05, 4.69) is 38.5 Å². The number of allylic oxidation sites excluding steroid dienone is 1. The van der Waals surface area contributed by atoms with Crippen LogP contribution in [-0.2, 0) is 0 Å². The molecule has 0 aromatic heterocycles. The molecule has 0 atom stereocenters. The summed E-state index contributed by atoms with van der Waals surface area (Å²) in [4.78, 5) is 13.9. The molecule has 0 saturated carbocycles. The molecule has 3 rings (SSSR count). The van der Waals surface area contributed by atoms with Gasteiger partial charge in [0.25, 0.3) is 0 Å². The lowest BCUT2D eigenvalue weighted by Gasteiger charge is -2.04. The first kappa shape index (κ1) is 14.2. The van der Waals surface area contributed by atoms with Crippen LogP contribution < -0.4 is 0 Å². The van der Waals surface area contributed by atoms with Crippen LogP contribution in [0.2, 0.25) is 0 Å². The Morgan fingerprint density at radius 1 is 1.25 bits per heavy atom. The standard InChI is InChI=1S/C15H8BrIO2S/c16-9-5-8(14(18)11(17)7-9)6-13-15(19)10-3-1-2-4-12(10)20-13/h1-7,18H/b13-6-. The SMILES string of the molecule is O=C1/C(=C/c2cc(Br)cc(I)c2O)Sc2ccccc21. The first-order valence-corrected chi connectivity index (χ1v) is 8.46. The Kier molecular flexibility index (Phi) is 3.92. The van der Waals surface area contributed by atoms with Crippen molar-refractivity contribution in [3.8, 4) is 5.75 Å². The van der Waals surface area contributed by atoms with Crippen molar-refractivity contribution in [2.24, 2.45) is 0 Å². The van der Waals surface area contributed by atoms with E-state index in [0.29, 0.717) is 10.5 Å². The highest BCUT2D eigenvalue weighted by molar-refractivity contribution is 14.1. The van der Waals surface area contributed by atoms with E-state index < -0.39 is 0 Å². The molecule has 0 amide bonds. The van der Waals surface area contributed by atoms with Gasteiger partial charge >= 0.3 is 0 Å². The Morgan fingerprint density at radius 3 is 2.75 bits per heavy atom. The van der Waals surface area contributed by atoms with Crippen LogP contribution in [0, 0.1) is 3.57 Å². The predicted octanol–water partition coefficient (Wildman–Crippen LogP) is 5.09. The molecular weight excluding hydrogens is 451 g/mol. The fraction of sp³-hybridized carbons (Fsp3) is 0. The molecule has 1 aliphatic heterocycles. The highest BCUT2D eigenvalue weighted by Gasteiger charge is 2.25. The predicted molar refractivity (Wildman–Crippen MR) is 93.1 cm³/mol. The lowest BCUT2D eigenvalue weighted by Crippen LogP contribution is -1.93. The van der Waals surface area contributed by atoms with Gasteiger partial charge < -0.3 is 5.11 Å². The normalized spacial score (nSPS) is 15.7. The first-order chi connectivity index (χ1) is 9.56. The summed E-state index contributed by atoms with van der Waals surface area (Å²) in [5.74, 6) is 0.214. The molecule has 2 aromatic rings. The second-order valence-electron chi connectivity index (χ2n) is 4.26. The second-order valence-corrected chi connectivity index (χ2v) is 7.42. The molecule has 0 aliphatic carbocycles. The van der Waals surface area contributed by atoms with E-state index in [9.17, 15) is 9.90 Å². The minimum absolute atomic E-state index is 0.0139. The fourth-order valence-corrected chi connectivity index (χ4v) is 4.57. The van der Waals surface area contributed by atoms with Gasteiger partial charge in [-0.15, -0.1) is 0 Å². The largest absolute Gasteiger partial charge is 0.506 e. The highest BCUT2D eigenvalue weighted by atomic mass is 127. The Hall–Kier alpha value is -0.790. The number of aromatic hydroxyl groups is 1. The molecule has 0 saturated heterocycles. The van der Waals surface area contributed by atoms with E-state index in [4.69, 9.17) is 0 Å². The summed E-state index contributed by atoms with van der Waals surface area (Å²) >= 11 is 6.91.